The third-order valence-electron chi connectivity index (χ3n) is 3.06. The van der Waals surface area contributed by atoms with E-state index in [0.29, 0.717) is 6.42 Å². The zero-order valence-corrected chi connectivity index (χ0v) is 9.25. The van der Waals surface area contributed by atoms with E-state index in [0.717, 1.165) is 22.5 Å². The average Bonchev–Trinajstić information content (AvgIpc) is 2.92. The molecule has 1 aliphatic heterocycles. The van der Waals surface area contributed by atoms with Crippen molar-refractivity contribution in [2.24, 2.45) is 5.92 Å². The Labute approximate surface area is 95.5 Å². The second-order valence-corrected chi connectivity index (χ2v) is 4.84. The topological polar surface area (TPSA) is 78.0 Å². The van der Waals surface area contributed by atoms with Gasteiger partial charge in [-0.1, -0.05) is 0 Å². The minimum absolute atomic E-state index is 0.142. The Kier molecular flexibility index (Phi) is 2.19. The van der Waals surface area contributed by atoms with Crippen molar-refractivity contribution in [2.75, 3.05) is 6.54 Å². The first kappa shape index (κ1) is 9.80. The molecule has 1 fully saturated rings. The maximum atomic E-state index is 11.1. The molecule has 5 nitrogen and oxygen atoms in total. The molecular weight excluding hydrogens is 226 g/mol. The molecule has 1 aliphatic rings. The largest absolute Gasteiger partial charge is 0.481 e. The molecule has 0 spiro atoms. The first-order valence-electron chi connectivity index (χ1n) is 5.15. The van der Waals surface area contributed by atoms with Gasteiger partial charge in [-0.25, -0.2) is 0 Å². The number of fused-ring (bicyclic) bond motifs is 1. The van der Waals surface area contributed by atoms with Gasteiger partial charge in [0.15, 0.2) is 0 Å². The van der Waals surface area contributed by atoms with Gasteiger partial charge in [-0.3, -0.25) is 9.89 Å². The number of nitrogens with one attached hydrogen (secondary N) is 2. The second-order valence-electron chi connectivity index (χ2n) is 3.94. The molecule has 16 heavy (non-hydrogen) atoms. The smallest absolute Gasteiger partial charge is 0.308 e. The van der Waals surface area contributed by atoms with E-state index in [1.165, 1.54) is 0 Å². The molecule has 2 atom stereocenters. The predicted molar refractivity (Wildman–Crippen MR) is 60.5 cm³/mol. The van der Waals surface area contributed by atoms with Gasteiger partial charge in [0, 0.05) is 5.39 Å². The van der Waals surface area contributed by atoms with Crippen molar-refractivity contribution in [3.05, 3.63) is 17.1 Å². The van der Waals surface area contributed by atoms with Gasteiger partial charge < -0.3 is 10.4 Å². The number of aliphatic carboxylic acids is 1. The highest BCUT2D eigenvalue weighted by atomic mass is 32.1. The van der Waals surface area contributed by atoms with Crippen molar-refractivity contribution < 1.29 is 9.90 Å². The van der Waals surface area contributed by atoms with E-state index in [1.54, 1.807) is 11.3 Å². The van der Waals surface area contributed by atoms with Gasteiger partial charge in [0.25, 0.3) is 0 Å². The van der Waals surface area contributed by atoms with E-state index in [4.69, 9.17) is 5.11 Å². The Hall–Kier alpha value is -1.40. The van der Waals surface area contributed by atoms with Crippen LogP contribution in [-0.4, -0.2) is 27.8 Å². The van der Waals surface area contributed by atoms with Crippen LogP contribution in [0.15, 0.2) is 11.4 Å². The maximum Gasteiger partial charge on any atom is 0.308 e. The number of aromatic amines is 1. The van der Waals surface area contributed by atoms with E-state index in [9.17, 15) is 4.79 Å². The summed E-state index contributed by atoms with van der Waals surface area (Å²) in [7, 11) is 0. The lowest BCUT2D eigenvalue weighted by Crippen LogP contribution is -2.23. The lowest BCUT2D eigenvalue weighted by molar-refractivity contribution is -0.142. The van der Waals surface area contributed by atoms with Crippen molar-refractivity contribution in [1.29, 1.82) is 0 Å². The van der Waals surface area contributed by atoms with Crippen LogP contribution in [0.5, 0.6) is 0 Å². The molecule has 3 heterocycles. The lowest BCUT2D eigenvalue weighted by atomic mass is 9.97. The number of H-pyrrole nitrogens is 1. The lowest BCUT2D eigenvalue weighted by Gasteiger charge is -2.14. The molecule has 0 amide bonds. The van der Waals surface area contributed by atoms with E-state index in [2.05, 4.69) is 15.5 Å². The predicted octanol–water partition coefficient (Wildman–Crippen LogP) is 1.36. The summed E-state index contributed by atoms with van der Waals surface area (Å²) in [6.45, 7) is 0.742. The summed E-state index contributed by atoms with van der Waals surface area (Å²) in [5.74, 6) is -1.10. The molecule has 0 saturated carbocycles. The van der Waals surface area contributed by atoms with Crippen LogP contribution >= 0.6 is 11.3 Å². The Morgan fingerprint density at radius 2 is 2.50 bits per heavy atom. The van der Waals surface area contributed by atoms with Crippen LogP contribution in [0.4, 0.5) is 0 Å². The second kappa shape index (κ2) is 3.57. The number of carboxylic acid groups (broad SMARTS) is 1. The number of thiophene rings is 1. The van der Waals surface area contributed by atoms with Crippen LogP contribution in [0.1, 0.15) is 18.2 Å². The normalized spacial score (nSPS) is 25.2. The van der Waals surface area contributed by atoms with Crippen LogP contribution in [0.2, 0.25) is 0 Å². The van der Waals surface area contributed by atoms with Gasteiger partial charge >= 0.3 is 5.97 Å². The van der Waals surface area contributed by atoms with E-state index < -0.39 is 5.97 Å². The fraction of sp³-hybridized carbons (Fsp3) is 0.400. The van der Waals surface area contributed by atoms with Gasteiger partial charge in [0.05, 0.1) is 17.7 Å². The van der Waals surface area contributed by atoms with E-state index >= 15 is 0 Å². The summed E-state index contributed by atoms with van der Waals surface area (Å²) in [5, 5.41) is 22.5. The number of aromatic nitrogens is 2. The molecule has 0 aliphatic carbocycles. The highest BCUT2D eigenvalue weighted by Gasteiger charge is 2.35. The first-order valence-corrected chi connectivity index (χ1v) is 6.03. The molecule has 1 saturated heterocycles. The van der Waals surface area contributed by atoms with Crippen LogP contribution in [0.3, 0.4) is 0 Å². The molecule has 84 valence electrons. The monoisotopic (exact) mass is 237 g/mol. The molecule has 0 aromatic carbocycles. The molecule has 0 bridgehead atoms. The Morgan fingerprint density at radius 1 is 1.62 bits per heavy atom. The van der Waals surface area contributed by atoms with Crippen LogP contribution in [0, 0.1) is 5.92 Å². The number of hydrogen-bond donors (Lipinski definition) is 3. The zero-order chi connectivity index (χ0) is 11.1. The van der Waals surface area contributed by atoms with Crippen LogP contribution in [-0.2, 0) is 4.79 Å². The Morgan fingerprint density at radius 3 is 3.31 bits per heavy atom. The van der Waals surface area contributed by atoms with Crippen molar-refractivity contribution in [1.82, 2.24) is 15.5 Å². The van der Waals surface area contributed by atoms with Crippen molar-refractivity contribution in [2.45, 2.75) is 12.5 Å². The Bertz CT molecular complexity index is 533. The fourth-order valence-electron chi connectivity index (χ4n) is 2.27. The molecular formula is C10H11N3O2S. The summed E-state index contributed by atoms with van der Waals surface area (Å²) < 4.78 is 0. The highest BCUT2D eigenvalue weighted by Crippen LogP contribution is 2.34. The molecule has 3 N–H and O–H groups in total. The van der Waals surface area contributed by atoms with Crippen molar-refractivity contribution in [3.8, 4) is 0 Å². The summed E-state index contributed by atoms with van der Waals surface area (Å²) in [6, 6.07) is 1.84. The van der Waals surface area contributed by atoms with Gasteiger partial charge in [-0.2, -0.15) is 5.10 Å². The van der Waals surface area contributed by atoms with Gasteiger partial charge in [0.1, 0.15) is 4.83 Å². The number of nitrogens with zero attached hydrogens (tertiary/aromatic N) is 1. The maximum absolute atomic E-state index is 11.1. The van der Waals surface area contributed by atoms with E-state index in [-0.39, 0.29) is 12.0 Å². The van der Waals surface area contributed by atoms with Gasteiger partial charge in [0.2, 0.25) is 0 Å². The minimum Gasteiger partial charge on any atom is -0.481 e. The zero-order valence-electron chi connectivity index (χ0n) is 8.43. The van der Waals surface area contributed by atoms with Crippen LogP contribution in [0.25, 0.3) is 10.2 Å². The number of carbonyl (C=O) groups is 1. The molecule has 2 aromatic heterocycles. The quantitative estimate of drug-likeness (QED) is 0.737. The minimum atomic E-state index is -0.743. The number of rotatable bonds is 2. The molecule has 3 rings (SSSR count). The van der Waals surface area contributed by atoms with Crippen molar-refractivity contribution >= 4 is 27.5 Å². The summed E-state index contributed by atoms with van der Waals surface area (Å²) in [6.07, 6.45) is 0.671. The van der Waals surface area contributed by atoms with Crippen LogP contribution < -0.4 is 5.32 Å². The summed E-state index contributed by atoms with van der Waals surface area (Å²) in [4.78, 5) is 12.0. The SMILES string of the molecule is O=C(O)C1CCNC1c1[nH]nc2sccc12. The molecule has 2 aromatic rings. The van der Waals surface area contributed by atoms with Gasteiger partial charge in [-0.05, 0) is 24.4 Å². The molecule has 0 radical (unpaired) electrons. The third kappa shape index (κ3) is 1.34. The van der Waals surface area contributed by atoms with E-state index in [1.807, 2.05) is 11.4 Å². The number of carboxylic acids is 1. The third-order valence-corrected chi connectivity index (χ3v) is 3.87. The molecule has 2 unspecified atom stereocenters. The Balaban J connectivity index is 2.03. The first-order chi connectivity index (χ1) is 7.77. The summed E-state index contributed by atoms with van der Waals surface area (Å²) in [5.41, 5.74) is 0.904. The fourth-order valence-corrected chi connectivity index (χ4v) is 3.01. The van der Waals surface area contributed by atoms with Crippen molar-refractivity contribution in [3.63, 3.8) is 0 Å². The summed E-state index contributed by atoms with van der Waals surface area (Å²) >= 11 is 1.56. The molecule has 6 heteroatoms. The number of hydrogen-bond acceptors (Lipinski definition) is 4. The highest BCUT2D eigenvalue weighted by molar-refractivity contribution is 7.16. The van der Waals surface area contributed by atoms with Gasteiger partial charge in [-0.15, -0.1) is 11.3 Å². The average molecular weight is 237 g/mol. The standard InChI is InChI=1S/C10H11N3O2S/c14-10(15)6-1-3-11-7(6)8-5-2-4-16-9(5)13-12-8/h2,4,6-7,11H,1,3H2,(H,12,13)(H,14,15).